The van der Waals surface area contributed by atoms with Crippen LogP contribution in [0, 0.1) is 13.8 Å². The van der Waals surface area contributed by atoms with Crippen molar-refractivity contribution in [3.05, 3.63) is 33.2 Å². The fraction of sp³-hybridized carbons (Fsp3) is 0.538. The summed E-state index contributed by atoms with van der Waals surface area (Å²) in [6, 6.07) is 1.43. The third-order valence-electron chi connectivity index (χ3n) is 2.86. The van der Waals surface area contributed by atoms with Crippen LogP contribution in [0.4, 0.5) is 0 Å². The van der Waals surface area contributed by atoms with Crippen LogP contribution in [0.3, 0.4) is 0 Å². The van der Waals surface area contributed by atoms with E-state index < -0.39 is 0 Å². The van der Waals surface area contributed by atoms with E-state index in [-0.39, 0.29) is 23.0 Å². The molecule has 0 aliphatic carbocycles. The van der Waals surface area contributed by atoms with Gasteiger partial charge in [-0.15, -0.1) is 0 Å². The molecule has 1 amide bonds. The molecule has 1 atom stereocenters. The summed E-state index contributed by atoms with van der Waals surface area (Å²) in [5.41, 5.74) is 1.25. The molecular weight excluding hydrogens is 232 g/mol. The van der Waals surface area contributed by atoms with Crippen LogP contribution in [-0.4, -0.2) is 30.6 Å². The Bertz CT molecular complexity index is 476. The van der Waals surface area contributed by atoms with Crippen LogP contribution >= 0.6 is 0 Å². The molecule has 0 aliphatic rings. The number of aromatic nitrogens is 1. The average Bonchev–Trinajstić information content (AvgIpc) is 2.28. The van der Waals surface area contributed by atoms with Crippen molar-refractivity contribution in [3.8, 4) is 0 Å². The summed E-state index contributed by atoms with van der Waals surface area (Å²) in [6.07, 6.45) is 0.777. The van der Waals surface area contributed by atoms with Gasteiger partial charge in [0.25, 0.3) is 5.91 Å². The van der Waals surface area contributed by atoms with E-state index in [2.05, 4.69) is 10.3 Å². The third-order valence-corrected chi connectivity index (χ3v) is 2.86. The number of carbonyl (C=O) groups excluding carboxylic acids is 1. The van der Waals surface area contributed by atoms with E-state index in [1.165, 1.54) is 6.07 Å². The zero-order chi connectivity index (χ0) is 13.7. The molecule has 0 unspecified atom stereocenters. The van der Waals surface area contributed by atoms with Crippen molar-refractivity contribution >= 4 is 5.91 Å². The third kappa shape index (κ3) is 3.43. The fourth-order valence-electron chi connectivity index (χ4n) is 1.82. The van der Waals surface area contributed by atoms with E-state index in [1.807, 2.05) is 6.92 Å². The van der Waals surface area contributed by atoms with E-state index in [1.54, 1.807) is 21.0 Å². The maximum atomic E-state index is 11.9. The van der Waals surface area contributed by atoms with Gasteiger partial charge in [-0.25, -0.2) is 0 Å². The molecule has 0 saturated heterocycles. The van der Waals surface area contributed by atoms with Crippen molar-refractivity contribution < 1.29 is 9.53 Å². The Morgan fingerprint density at radius 1 is 1.50 bits per heavy atom. The average molecular weight is 252 g/mol. The first kappa shape index (κ1) is 14.4. The first-order valence-electron chi connectivity index (χ1n) is 6.01. The van der Waals surface area contributed by atoms with Crippen molar-refractivity contribution in [3.63, 3.8) is 0 Å². The molecule has 1 heterocycles. The fourth-order valence-corrected chi connectivity index (χ4v) is 1.82. The second-order valence-corrected chi connectivity index (χ2v) is 4.29. The molecule has 0 spiro atoms. The molecule has 5 nitrogen and oxygen atoms in total. The van der Waals surface area contributed by atoms with Crippen LogP contribution in [-0.2, 0) is 4.74 Å². The summed E-state index contributed by atoms with van der Waals surface area (Å²) >= 11 is 0. The van der Waals surface area contributed by atoms with Gasteiger partial charge in [-0.1, -0.05) is 6.92 Å². The maximum Gasteiger partial charge on any atom is 0.257 e. The number of pyridine rings is 1. The number of hydrogen-bond acceptors (Lipinski definition) is 3. The van der Waals surface area contributed by atoms with Gasteiger partial charge in [-0.3, -0.25) is 9.59 Å². The highest BCUT2D eigenvalue weighted by atomic mass is 16.5. The summed E-state index contributed by atoms with van der Waals surface area (Å²) in [4.78, 5) is 26.7. The standard InChI is InChI=1S/C13H20N2O3/c1-5-10(18-4)7-14-13(17)12-9(3)15-8(2)6-11(12)16/h6,10H,5,7H2,1-4H3,(H,14,17)(H,15,16)/t10-/m0/s1. The highest BCUT2D eigenvalue weighted by Crippen LogP contribution is 2.01. The minimum Gasteiger partial charge on any atom is -0.380 e. The number of aryl methyl sites for hydroxylation is 2. The molecule has 0 radical (unpaired) electrons. The first-order chi connectivity index (χ1) is 8.49. The van der Waals surface area contributed by atoms with Crippen molar-refractivity contribution in [1.29, 1.82) is 0 Å². The van der Waals surface area contributed by atoms with Crippen LogP contribution in [0.25, 0.3) is 0 Å². The van der Waals surface area contributed by atoms with Gasteiger partial charge in [0, 0.05) is 31.1 Å². The number of amides is 1. The Hall–Kier alpha value is -1.62. The van der Waals surface area contributed by atoms with Crippen LogP contribution in [0.2, 0.25) is 0 Å². The second kappa shape index (κ2) is 6.35. The molecule has 0 aliphatic heterocycles. The number of aromatic amines is 1. The van der Waals surface area contributed by atoms with Crippen molar-refractivity contribution in [2.75, 3.05) is 13.7 Å². The smallest absolute Gasteiger partial charge is 0.257 e. The van der Waals surface area contributed by atoms with Gasteiger partial charge in [0.1, 0.15) is 5.56 Å². The minimum atomic E-state index is -0.357. The first-order valence-corrected chi connectivity index (χ1v) is 6.01. The number of H-pyrrole nitrogens is 1. The van der Waals surface area contributed by atoms with Crippen molar-refractivity contribution in [1.82, 2.24) is 10.3 Å². The van der Waals surface area contributed by atoms with Gasteiger partial charge in [0.15, 0.2) is 5.43 Å². The van der Waals surface area contributed by atoms with Gasteiger partial charge in [0.05, 0.1) is 6.10 Å². The van der Waals surface area contributed by atoms with Crippen LogP contribution in [0.5, 0.6) is 0 Å². The molecule has 5 heteroatoms. The molecule has 0 fully saturated rings. The van der Waals surface area contributed by atoms with Crippen molar-refractivity contribution in [2.24, 2.45) is 0 Å². The molecule has 0 aromatic carbocycles. The topological polar surface area (TPSA) is 71.2 Å². The van der Waals surface area contributed by atoms with Gasteiger partial charge in [-0.05, 0) is 20.3 Å². The summed E-state index contributed by atoms with van der Waals surface area (Å²) < 4.78 is 5.16. The van der Waals surface area contributed by atoms with E-state index in [9.17, 15) is 9.59 Å². The predicted octanol–water partition coefficient (Wildman–Crippen LogP) is 1.15. The van der Waals surface area contributed by atoms with E-state index in [0.717, 1.165) is 12.1 Å². The summed E-state index contributed by atoms with van der Waals surface area (Å²) in [7, 11) is 1.60. The van der Waals surface area contributed by atoms with Gasteiger partial charge < -0.3 is 15.0 Å². The molecule has 1 aromatic rings. The monoisotopic (exact) mass is 252 g/mol. The lowest BCUT2D eigenvalue weighted by molar-refractivity contribution is 0.0814. The van der Waals surface area contributed by atoms with Gasteiger partial charge in [0.2, 0.25) is 0 Å². The minimum absolute atomic E-state index is 0.0289. The zero-order valence-electron chi connectivity index (χ0n) is 11.3. The molecule has 0 saturated carbocycles. The number of carbonyl (C=O) groups is 1. The van der Waals surface area contributed by atoms with Crippen LogP contribution in [0.15, 0.2) is 10.9 Å². The summed E-state index contributed by atoms with van der Waals surface area (Å²) in [5.74, 6) is -0.357. The predicted molar refractivity (Wildman–Crippen MR) is 70.0 cm³/mol. The summed E-state index contributed by atoms with van der Waals surface area (Å²) in [5, 5.41) is 2.72. The van der Waals surface area contributed by atoms with E-state index >= 15 is 0 Å². The number of methoxy groups -OCH3 is 1. The van der Waals surface area contributed by atoms with Gasteiger partial charge in [-0.2, -0.15) is 0 Å². The highest BCUT2D eigenvalue weighted by Gasteiger charge is 2.15. The van der Waals surface area contributed by atoms with E-state index in [0.29, 0.717) is 12.2 Å². The van der Waals surface area contributed by atoms with Crippen molar-refractivity contribution in [2.45, 2.75) is 33.3 Å². The van der Waals surface area contributed by atoms with Crippen LogP contribution < -0.4 is 10.7 Å². The Morgan fingerprint density at radius 3 is 2.67 bits per heavy atom. The molecule has 2 N–H and O–H groups in total. The van der Waals surface area contributed by atoms with Gasteiger partial charge >= 0.3 is 0 Å². The Kier molecular flexibility index (Phi) is 5.09. The molecular formula is C13H20N2O3. The molecule has 18 heavy (non-hydrogen) atoms. The number of rotatable bonds is 5. The molecule has 1 rings (SSSR count). The highest BCUT2D eigenvalue weighted by molar-refractivity contribution is 5.95. The lowest BCUT2D eigenvalue weighted by Gasteiger charge is -2.14. The number of nitrogens with one attached hydrogen (secondary N) is 2. The Balaban J connectivity index is 2.82. The lowest BCUT2D eigenvalue weighted by atomic mass is 10.1. The zero-order valence-corrected chi connectivity index (χ0v) is 11.3. The maximum absolute atomic E-state index is 11.9. The Morgan fingerprint density at radius 2 is 2.17 bits per heavy atom. The molecule has 0 bridgehead atoms. The van der Waals surface area contributed by atoms with Crippen LogP contribution in [0.1, 0.15) is 35.1 Å². The quantitative estimate of drug-likeness (QED) is 0.825. The molecule has 1 aromatic heterocycles. The Labute approximate surface area is 107 Å². The number of hydrogen-bond donors (Lipinski definition) is 2. The lowest BCUT2D eigenvalue weighted by Crippen LogP contribution is -2.36. The SMILES string of the molecule is CC[C@@H](CNC(=O)c1c(C)[nH]c(C)cc1=O)OC. The summed E-state index contributed by atoms with van der Waals surface area (Å²) in [6.45, 7) is 5.88. The van der Waals surface area contributed by atoms with E-state index in [4.69, 9.17) is 4.74 Å². The normalized spacial score (nSPS) is 12.2. The second-order valence-electron chi connectivity index (χ2n) is 4.29. The largest absolute Gasteiger partial charge is 0.380 e. The number of ether oxygens (including phenoxy) is 1. The molecule has 100 valence electrons.